The number of piperidine rings is 1. The molecular formula is C13H18BrClN2O2S2. The molecule has 1 aliphatic carbocycles. The molecule has 1 atom stereocenters. The summed E-state index contributed by atoms with van der Waals surface area (Å²) in [5, 5.41) is 3.82. The molecule has 1 aromatic heterocycles. The van der Waals surface area contributed by atoms with Crippen molar-refractivity contribution in [3.8, 4) is 0 Å². The van der Waals surface area contributed by atoms with Crippen LogP contribution in [0.5, 0.6) is 0 Å². The molecule has 3 rings (SSSR count). The van der Waals surface area contributed by atoms with E-state index in [-0.39, 0.29) is 6.04 Å². The monoisotopic (exact) mass is 412 g/mol. The lowest BCUT2D eigenvalue weighted by Gasteiger charge is -2.29. The summed E-state index contributed by atoms with van der Waals surface area (Å²) >= 11 is 10.5. The summed E-state index contributed by atoms with van der Waals surface area (Å²) in [6, 6.07) is 1.73. The van der Waals surface area contributed by atoms with Gasteiger partial charge in [-0.3, -0.25) is 0 Å². The first-order valence-corrected chi connectivity index (χ1v) is 10.6. The number of halogens is 2. The zero-order chi connectivity index (χ0) is 15.0. The van der Waals surface area contributed by atoms with E-state index in [4.69, 9.17) is 11.6 Å². The molecule has 1 saturated heterocycles. The van der Waals surface area contributed by atoms with Gasteiger partial charge in [0.05, 0.1) is 8.81 Å². The van der Waals surface area contributed by atoms with E-state index in [1.165, 1.54) is 11.3 Å². The second kappa shape index (κ2) is 6.45. The van der Waals surface area contributed by atoms with E-state index >= 15 is 0 Å². The zero-order valence-electron chi connectivity index (χ0n) is 11.5. The van der Waals surface area contributed by atoms with Crippen molar-refractivity contribution in [2.75, 3.05) is 19.6 Å². The van der Waals surface area contributed by atoms with Crippen LogP contribution in [0.2, 0.25) is 5.02 Å². The summed E-state index contributed by atoms with van der Waals surface area (Å²) in [5.41, 5.74) is 0. The third kappa shape index (κ3) is 3.64. The maximum atomic E-state index is 12.9. The number of hydrogen-bond donors (Lipinski definition) is 1. The molecule has 1 N–H and O–H groups in total. The standard InChI is InChI=1S/C13H18BrClN2O2S2/c14-13-11(15)6-12(20-13)21(18,19)17(10-3-4-10)8-9-2-1-5-16-7-9/h6,9-10,16H,1-5,7-8H2. The molecule has 2 aliphatic rings. The van der Waals surface area contributed by atoms with Crippen LogP contribution in [0.1, 0.15) is 25.7 Å². The van der Waals surface area contributed by atoms with Gasteiger partial charge in [-0.05, 0) is 66.7 Å². The Morgan fingerprint density at radius 3 is 2.71 bits per heavy atom. The summed E-state index contributed by atoms with van der Waals surface area (Å²) < 4.78 is 28.5. The quantitative estimate of drug-likeness (QED) is 0.805. The molecule has 1 aliphatic heterocycles. The maximum absolute atomic E-state index is 12.9. The number of rotatable bonds is 5. The van der Waals surface area contributed by atoms with Crippen molar-refractivity contribution < 1.29 is 8.42 Å². The minimum atomic E-state index is -3.43. The number of thiophene rings is 1. The Labute approximate surface area is 143 Å². The van der Waals surface area contributed by atoms with Crippen LogP contribution in [0.4, 0.5) is 0 Å². The van der Waals surface area contributed by atoms with E-state index in [2.05, 4.69) is 21.2 Å². The van der Waals surface area contributed by atoms with E-state index in [0.29, 0.717) is 25.5 Å². The van der Waals surface area contributed by atoms with Crippen molar-refractivity contribution in [2.24, 2.45) is 5.92 Å². The minimum Gasteiger partial charge on any atom is -0.316 e. The van der Waals surface area contributed by atoms with Gasteiger partial charge in [0.2, 0.25) is 0 Å². The summed E-state index contributed by atoms with van der Waals surface area (Å²) in [7, 11) is -3.43. The Kier molecular flexibility index (Phi) is 4.98. The van der Waals surface area contributed by atoms with E-state index in [9.17, 15) is 8.42 Å². The van der Waals surface area contributed by atoms with Gasteiger partial charge in [-0.25, -0.2) is 8.42 Å². The molecule has 2 heterocycles. The first-order chi connectivity index (χ1) is 9.98. The lowest BCUT2D eigenvalue weighted by atomic mass is 10.00. The van der Waals surface area contributed by atoms with E-state index in [1.807, 2.05) is 0 Å². The van der Waals surface area contributed by atoms with Gasteiger partial charge in [0.1, 0.15) is 4.21 Å². The van der Waals surface area contributed by atoms with Crippen LogP contribution in [0.25, 0.3) is 0 Å². The van der Waals surface area contributed by atoms with Gasteiger partial charge in [-0.15, -0.1) is 11.3 Å². The van der Waals surface area contributed by atoms with E-state index < -0.39 is 10.0 Å². The molecular weight excluding hydrogens is 396 g/mol. The molecule has 0 amide bonds. The Bertz CT molecular complexity index is 590. The van der Waals surface area contributed by atoms with Gasteiger partial charge in [0.15, 0.2) is 0 Å². The fourth-order valence-corrected chi connectivity index (χ4v) is 7.00. The molecule has 8 heteroatoms. The minimum absolute atomic E-state index is 0.177. The van der Waals surface area contributed by atoms with Crippen molar-refractivity contribution in [2.45, 2.75) is 35.9 Å². The van der Waals surface area contributed by atoms with Crippen molar-refractivity contribution in [1.29, 1.82) is 0 Å². The van der Waals surface area contributed by atoms with Crippen molar-refractivity contribution >= 4 is 48.9 Å². The number of hydrogen-bond acceptors (Lipinski definition) is 4. The molecule has 0 spiro atoms. The summed E-state index contributed by atoms with van der Waals surface area (Å²) in [4.78, 5) is 0. The van der Waals surface area contributed by atoms with Gasteiger partial charge >= 0.3 is 0 Å². The maximum Gasteiger partial charge on any atom is 0.252 e. The van der Waals surface area contributed by atoms with Crippen LogP contribution >= 0.6 is 38.9 Å². The molecule has 1 unspecified atom stereocenters. The number of nitrogens with one attached hydrogen (secondary N) is 1. The Hall–Kier alpha value is 0.340. The molecule has 0 aromatic carbocycles. The molecule has 0 radical (unpaired) electrons. The summed E-state index contributed by atoms with van der Waals surface area (Å²) in [5.74, 6) is 0.410. The van der Waals surface area contributed by atoms with Crippen molar-refractivity contribution in [3.63, 3.8) is 0 Å². The second-order valence-corrected chi connectivity index (χ2v) is 10.6. The van der Waals surface area contributed by atoms with Gasteiger partial charge in [0.25, 0.3) is 10.0 Å². The third-order valence-corrected chi connectivity index (χ3v) is 8.82. The topological polar surface area (TPSA) is 49.4 Å². The SMILES string of the molecule is O=S(=O)(c1cc(Cl)c(Br)s1)N(CC1CCCNC1)C1CC1. The Balaban J connectivity index is 1.82. The van der Waals surface area contributed by atoms with Crippen LogP contribution < -0.4 is 5.32 Å². The molecule has 0 bridgehead atoms. The Morgan fingerprint density at radius 2 is 2.19 bits per heavy atom. The smallest absolute Gasteiger partial charge is 0.252 e. The van der Waals surface area contributed by atoms with Gasteiger partial charge in [0, 0.05) is 12.6 Å². The molecule has 118 valence electrons. The average Bonchev–Trinajstić information content (AvgIpc) is 3.23. The first kappa shape index (κ1) is 16.2. The highest BCUT2D eigenvalue weighted by Crippen LogP contribution is 2.39. The van der Waals surface area contributed by atoms with Gasteiger partial charge < -0.3 is 5.32 Å². The predicted octanol–water partition coefficient (Wildman–Crippen LogP) is 3.32. The average molecular weight is 414 g/mol. The third-order valence-electron chi connectivity index (χ3n) is 3.98. The molecule has 1 aromatic rings. The molecule has 21 heavy (non-hydrogen) atoms. The zero-order valence-corrected chi connectivity index (χ0v) is 15.5. The lowest BCUT2D eigenvalue weighted by Crippen LogP contribution is -2.41. The number of nitrogens with zero attached hydrogens (tertiary/aromatic N) is 1. The summed E-state index contributed by atoms with van der Waals surface area (Å²) in [6.45, 7) is 2.57. The van der Waals surface area contributed by atoms with Crippen LogP contribution in [0.15, 0.2) is 14.1 Å². The fraction of sp³-hybridized carbons (Fsp3) is 0.692. The van der Waals surface area contributed by atoms with Crippen LogP contribution in [0, 0.1) is 5.92 Å². The lowest BCUT2D eigenvalue weighted by molar-refractivity contribution is 0.287. The Morgan fingerprint density at radius 1 is 1.43 bits per heavy atom. The molecule has 4 nitrogen and oxygen atoms in total. The second-order valence-electron chi connectivity index (χ2n) is 5.71. The normalized spacial score (nSPS) is 23.7. The van der Waals surface area contributed by atoms with Crippen LogP contribution in [-0.4, -0.2) is 38.4 Å². The van der Waals surface area contributed by atoms with E-state index in [1.54, 1.807) is 10.4 Å². The van der Waals surface area contributed by atoms with E-state index in [0.717, 1.165) is 38.8 Å². The van der Waals surface area contributed by atoms with Crippen LogP contribution in [-0.2, 0) is 10.0 Å². The van der Waals surface area contributed by atoms with Gasteiger partial charge in [-0.1, -0.05) is 11.6 Å². The first-order valence-electron chi connectivity index (χ1n) is 7.16. The van der Waals surface area contributed by atoms with Crippen molar-refractivity contribution in [1.82, 2.24) is 9.62 Å². The highest BCUT2D eigenvalue weighted by molar-refractivity contribution is 9.11. The molecule has 2 fully saturated rings. The highest BCUT2D eigenvalue weighted by atomic mass is 79.9. The number of sulfonamides is 1. The largest absolute Gasteiger partial charge is 0.316 e. The summed E-state index contributed by atoms with van der Waals surface area (Å²) in [6.07, 6.45) is 4.17. The van der Waals surface area contributed by atoms with Gasteiger partial charge in [-0.2, -0.15) is 4.31 Å². The molecule has 1 saturated carbocycles. The predicted molar refractivity (Wildman–Crippen MR) is 89.5 cm³/mol. The van der Waals surface area contributed by atoms with Crippen molar-refractivity contribution in [3.05, 3.63) is 14.9 Å². The fourth-order valence-electron chi connectivity index (χ4n) is 2.71. The highest BCUT2D eigenvalue weighted by Gasteiger charge is 2.40. The van der Waals surface area contributed by atoms with Crippen LogP contribution in [0.3, 0.4) is 0 Å².